The summed E-state index contributed by atoms with van der Waals surface area (Å²) >= 11 is 3.07. The molecule has 0 saturated carbocycles. The van der Waals surface area contributed by atoms with Crippen molar-refractivity contribution in [3.8, 4) is 22.3 Å². The monoisotopic (exact) mass is 578 g/mol. The van der Waals surface area contributed by atoms with Crippen molar-refractivity contribution in [1.29, 1.82) is 0 Å². The highest BCUT2D eigenvalue weighted by molar-refractivity contribution is 7.10. The quantitative estimate of drug-likeness (QED) is 0.219. The minimum atomic E-state index is -1.51. The number of hydrogen-bond acceptors (Lipinski definition) is 4. The first-order chi connectivity index (χ1) is 20.6. The van der Waals surface area contributed by atoms with Gasteiger partial charge in [-0.3, -0.25) is 0 Å². The lowest BCUT2D eigenvalue weighted by Gasteiger charge is -2.46. The fourth-order valence-corrected chi connectivity index (χ4v) is 8.52. The van der Waals surface area contributed by atoms with Gasteiger partial charge < -0.3 is 10.2 Å². The molecule has 202 valence electrons. The van der Waals surface area contributed by atoms with Crippen molar-refractivity contribution in [3.63, 3.8) is 0 Å². The molecular weight excluding hydrogens is 553 g/mol. The summed E-state index contributed by atoms with van der Waals surface area (Å²) in [6.07, 6.45) is 0. The van der Waals surface area contributed by atoms with E-state index in [1.807, 2.05) is 95.7 Å². The van der Waals surface area contributed by atoms with Crippen LogP contribution in [-0.2, 0) is 11.2 Å². The summed E-state index contributed by atoms with van der Waals surface area (Å²) in [4.78, 5) is 1.63. The highest BCUT2D eigenvalue weighted by Gasteiger charge is 2.54. The zero-order chi connectivity index (χ0) is 28.3. The third-order valence-corrected chi connectivity index (χ3v) is 10.5. The van der Waals surface area contributed by atoms with Crippen molar-refractivity contribution in [2.24, 2.45) is 0 Å². The second-order valence-corrected chi connectivity index (χ2v) is 12.6. The number of fused-ring (bicyclic) bond motifs is 3. The largest absolute Gasteiger partial charge is 0.375 e. The van der Waals surface area contributed by atoms with Gasteiger partial charge in [-0.15, -0.1) is 22.7 Å². The maximum absolute atomic E-state index is 13.4. The lowest BCUT2D eigenvalue weighted by Crippen LogP contribution is -2.44. The van der Waals surface area contributed by atoms with Crippen molar-refractivity contribution in [1.82, 2.24) is 0 Å². The predicted molar refractivity (Wildman–Crippen MR) is 174 cm³/mol. The molecule has 0 radical (unpaired) electrons. The molecule has 7 aromatic rings. The molecule has 2 N–H and O–H groups in total. The molecule has 0 aliphatic heterocycles. The number of benzene rings is 5. The van der Waals surface area contributed by atoms with Crippen LogP contribution in [0.25, 0.3) is 33.0 Å². The summed E-state index contributed by atoms with van der Waals surface area (Å²) in [7, 11) is 0. The van der Waals surface area contributed by atoms with E-state index in [1.165, 1.54) is 22.7 Å². The summed E-state index contributed by atoms with van der Waals surface area (Å²) < 4.78 is 0. The van der Waals surface area contributed by atoms with E-state index in [1.54, 1.807) is 0 Å². The lowest BCUT2D eigenvalue weighted by atomic mass is 9.62. The van der Waals surface area contributed by atoms with E-state index >= 15 is 0 Å². The van der Waals surface area contributed by atoms with E-state index in [2.05, 4.69) is 48.5 Å². The summed E-state index contributed by atoms with van der Waals surface area (Å²) in [5.74, 6) is 0. The van der Waals surface area contributed by atoms with Crippen molar-refractivity contribution < 1.29 is 10.2 Å². The number of thiophene rings is 2. The third kappa shape index (κ3) is 3.44. The van der Waals surface area contributed by atoms with Gasteiger partial charge in [-0.2, -0.15) is 0 Å². The Bertz CT molecular complexity index is 1900. The highest BCUT2D eigenvalue weighted by Crippen LogP contribution is 2.60. The fraction of sp³-hybridized carbons (Fsp3) is 0.0526. The van der Waals surface area contributed by atoms with E-state index in [-0.39, 0.29) is 0 Å². The first-order valence-electron chi connectivity index (χ1n) is 14.0. The van der Waals surface area contributed by atoms with Gasteiger partial charge in [0, 0.05) is 32.0 Å². The third-order valence-electron chi connectivity index (χ3n) is 8.53. The molecule has 0 fully saturated rings. The minimum Gasteiger partial charge on any atom is -0.375 e. The van der Waals surface area contributed by atoms with Crippen LogP contribution in [0.1, 0.15) is 32.0 Å². The second-order valence-electron chi connectivity index (χ2n) is 10.7. The summed E-state index contributed by atoms with van der Waals surface area (Å²) in [6, 6.07) is 44.8. The Hall–Kier alpha value is -4.32. The van der Waals surface area contributed by atoms with Gasteiger partial charge in [0.1, 0.15) is 0 Å². The Morgan fingerprint density at radius 2 is 0.786 bits per heavy atom. The van der Waals surface area contributed by atoms with Crippen LogP contribution >= 0.6 is 22.7 Å². The summed E-state index contributed by atoms with van der Waals surface area (Å²) in [5.41, 5.74) is 3.67. The van der Waals surface area contributed by atoms with Crippen LogP contribution in [0.5, 0.6) is 0 Å². The van der Waals surface area contributed by atoms with Gasteiger partial charge in [0.2, 0.25) is 0 Å². The van der Waals surface area contributed by atoms with Crippen LogP contribution in [0, 0.1) is 0 Å². The Morgan fingerprint density at radius 3 is 1.17 bits per heavy atom. The number of hydrogen-bond donors (Lipinski definition) is 2. The number of aliphatic hydroxyl groups is 2. The standard InChI is InChI=1S/C38H26O2S2/c39-37(31-21-11-23-41-31)29-19-9-10-20-30(29)38(40,32-22-12-24-42-32)36-34(26-15-5-2-6-16-26)28-18-8-7-17-27(28)33(35(36)37)25-13-3-1-4-14-25/h1-24,39-40H. The average molecular weight is 579 g/mol. The molecule has 4 heteroatoms. The van der Waals surface area contributed by atoms with Gasteiger partial charge in [-0.1, -0.05) is 121 Å². The van der Waals surface area contributed by atoms with E-state index in [0.717, 1.165) is 53.9 Å². The Morgan fingerprint density at radius 1 is 0.405 bits per heavy atom. The molecule has 0 bridgehead atoms. The highest BCUT2D eigenvalue weighted by atomic mass is 32.1. The van der Waals surface area contributed by atoms with Gasteiger partial charge >= 0.3 is 0 Å². The first kappa shape index (κ1) is 25.4. The Balaban J connectivity index is 1.70. The van der Waals surface area contributed by atoms with Crippen LogP contribution in [0.4, 0.5) is 0 Å². The van der Waals surface area contributed by atoms with E-state index < -0.39 is 11.2 Å². The van der Waals surface area contributed by atoms with Crippen LogP contribution in [0.15, 0.2) is 144 Å². The molecule has 1 aliphatic rings. The predicted octanol–water partition coefficient (Wildman–Crippen LogP) is 9.18. The van der Waals surface area contributed by atoms with E-state index in [9.17, 15) is 10.2 Å². The molecule has 2 atom stereocenters. The first-order valence-corrected chi connectivity index (χ1v) is 15.7. The van der Waals surface area contributed by atoms with Crippen LogP contribution < -0.4 is 0 Å². The SMILES string of the molecule is OC1(c2cccs2)c2ccccc2C(O)(c2cccs2)c2c1c(-c1ccccc1)c1ccccc1c2-c1ccccc1. The molecule has 2 unspecified atom stereocenters. The molecule has 8 rings (SSSR count). The van der Waals surface area contributed by atoms with Gasteiger partial charge in [0.05, 0.1) is 0 Å². The zero-order valence-electron chi connectivity index (χ0n) is 22.6. The minimum absolute atomic E-state index is 0.697. The smallest absolute Gasteiger partial charge is 0.151 e. The van der Waals surface area contributed by atoms with Crippen LogP contribution in [-0.4, -0.2) is 10.2 Å². The maximum Gasteiger partial charge on any atom is 0.151 e. The molecular formula is C38H26O2S2. The van der Waals surface area contributed by atoms with Crippen molar-refractivity contribution in [2.75, 3.05) is 0 Å². The summed E-state index contributed by atoms with van der Waals surface area (Å²) in [5, 5.41) is 33.0. The van der Waals surface area contributed by atoms with Crippen molar-refractivity contribution >= 4 is 33.4 Å². The van der Waals surface area contributed by atoms with Gasteiger partial charge in [0.25, 0.3) is 0 Å². The Labute approximate surface area is 252 Å². The van der Waals surface area contributed by atoms with Crippen molar-refractivity contribution in [2.45, 2.75) is 11.2 Å². The zero-order valence-corrected chi connectivity index (χ0v) is 24.2. The molecule has 0 spiro atoms. The van der Waals surface area contributed by atoms with Gasteiger partial charge in [-0.25, -0.2) is 0 Å². The molecule has 0 saturated heterocycles. The topological polar surface area (TPSA) is 40.5 Å². The van der Waals surface area contributed by atoms with E-state index in [4.69, 9.17) is 0 Å². The fourth-order valence-electron chi connectivity index (χ4n) is 6.84. The average Bonchev–Trinajstić information content (AvgIpc) is 3.80. The number of rotatable bonds is 4. The Kier molecular flexibility index (Phi) is 5.82. The van der Waals surface area contributed by atoms with E-state index in [0.29, 0.717) is 11.1 Å². The normalized spacial score (nSPS) is 19.4. The maximum atomic E-state index is 13.4. The molecule has 5 aromatic carbocycles. The second kappa shape index (κ2) is 9.62. The van der Waals surface area contributed by atoms with Gasteiger partial charge in [0.15, 0.2) is 11.2 Å². The molecule has 2 nitrogen and oxygen atoms in total. The van der Waals surface area contributed by atoms with Crippen LogP contribution in [0.2, 0.25) is 0 Å². The molecule has 1 aliphatic carbocycles. The summed E-state index contributed by atoms with van der Waals surface area (Å²) in [6.45, 7) is 0. The molecule has 2 heterocycles. The molecule has 0 amide bonds. The van der Waals surface area contributed by atoms with Crippen LogP contribution in [0.3, 0.4) is 0 Å². The van der Waals surface area contributed by atoms with Crippen molar-refractivity contribution in [3.05, 3.63) is 176 Å². The lowest BCUT2D eigenvalue weighted by molar-refractivity contribution is 0.0798. The molecule has 42 heavy (non-hydrogen) atoms. The van der Waals surface area contributed by atoms with Gasteiger partial charge in [-0.05, 0) is 55.9 Å². The molecule has 2 aromatic heterocycles.